The van der Waals surface area contributed by atoms with Gasteiger partial charge >= 0.3 is 0 Å². The summed E-state index contributed by atoms with van der Waals surface area (Å²) < 4.78 is 6.54. The molecule has 0 aliphatic rings. The van der Waals surface area contributed by atoms with E-state index in [4.69, 9.17) is 27.9 Å². The van der Waals surface area contributed by atoms with Gasteiger partial charge in [-0.25, -0.2) is 0 Å². The summed E-state index contributed by atoms with van der Waals surface area (Å²) in [5.41, 5.74) is 1.74. The Morgan fingerprint density at radius 1 is 1.12 bits per heavy atom. The Labute approximate surface area is 208 Å². The number of nitrogens with zero attached hydrogens (tertiary/aromatic N) is 1. The second kappa shape index (κ2) is 12.5. The van der Waals surface area contributed by atoms with Crippen LogP contribution in [-0.4, -0.2) is 35.9 Å². The summed E-state index contributed by atoms with van der Waals surface area (Å²) in [6, 6.07) is 10.2. The Hall–Kier alpha value is -1.76. The number of nitrogens with one attached hydrogen (secondary N) is 1. The zero-order valence-electron chi connectivity index (χ0n) is 18.8. The zero-order valence-corrected chi connectivity index (χ0v) is 21.9. The first kappa shape index (κ1) is 26.5. The zero-order chi connectivity index (χ0) is 23.8. The Morgan fingerprint density at radius 3 is 2.34 bits per heavy atom. The lowest BCUT2D eigenvalue weighted by Gasteiger charge is -2.29. The minimum atomic E-state index is -0.733. The van der Waals surface area contributed by atoms with E-state index in [0.29, 0.717) is 33.8 Å². The van der Waals surface area contributed by atoms with Gasteiger partial charge in [0.05, 0.1) is 4.47 Å². The number of hydrogen-bond donors (Lipinski definition) is 1. The van der Waals surface area contributed by atoms with Crippen molar-refractivity contribution in [1.82, 2.24) is 10.2 Å². The Bertz CT molecular complexity index is 933. The SMILES string of the molecule is CCc1ccc(OCC(=O)N(Cc2c(Cl)cccc2Cl)C(C)C(=O)NCC(C)C)c(Br)c1. The van der Waals surface area contributed by atoms with E-state index in [9.17, 15) is 9.59 Å². The molecule has 1 atom stereocenters. The van der Waals surface area contributed by atoms with Crippen molar-refractivity contribution in [2.45, 2.75) is 46.7 Å². The van der Waals surface area contributed by atoms with Crippen LogP contribution in [0.4, 0.5) is 0 Å². The Balaban J connectivity index is 2.22. The highest BCUT2D eigenvalue weighted by Gasteiger charge is 2.28. The predicted octanol–water partition coefficient (Wildman–Crippen LogP) is 5.89. The summed E-state index contributed by atoms with van der Waals surface area (Å²) in [5, 5.41) is 3.75. The monoisotopic (exact) mass is 542 g/mol. The van der Waals surface area contributed by atoms with Crippen LogP contribution in [0.3, 0.4) is 0 Å². The minimum Gasteiger partial charge on any atom is -0.483 e. The van der Waals surface area contributed by atoms with Crippen LogP contribution in [0.2, 0.25) is 10.0 Å². The summed E-state index contributed by atoms with van der Waals surface area (Å²) in [4.78, 5) is 27.4. The van der Waals surface area contributed by atoms with E-state index in [1.807, 2.05) is 32.0 Å². The van der Waals surface area contributed by atoms with Crippen molar-refractivity contribution < 1.29 is 14.3 Å². The van der Waals surface area contributed by atoms with E-state index < -0.39 is 6.04 Å². The number of halogens is 3. The molecule has 0 saturated heterocycles. The van der Waals surface area contributed by atoms with E-state index in [1.54, 1.807) is 25.1 Å². The highest BCUT2D eigenvalue weighted by molar-refractivity contribution is 9.10. The van der Waals surface area contributed by atoms with Crippen molar-refractivity contribution in [2.75, 3.05) is 13.2 Å². The molecule has 0 aliphatic heterocycles. The highest BCUT2D eigenvalue weighted by atomic mass is 79.9. The number of ether oxygens (including phenoxy) is 1. The van der Waals surface area contributed by atoms with E-state index in [0.717, 1.165) is 16.5 Å². The highest BCUT2D eigenvalue weighted by Crippen LogP contribution is 2.28. The average Bonchev–Trinajstić information content (AvgIpc) is 2.75. The van der Waals surface area contributed by atoms with Crippen LogP contribution in [-0.2, 0) is 22.6 Å². The van der Waals surface area contributed by atoms with E-state index in [-0.39, 0.29) is 25.0 Å². The number of carbonyl (C=O) groups is 2. The maximum absolute atomic E-state index is 13.2. The summed E-state index contributed by atoms with van der Waals surface area (Å²) in [7, 11) is 0. The molecule has 0 aliphatic carbocycles. The standard InChI is InChI=1S/C24H29BrCl2N2O3/c1-5-17-9-10-22(19(25)11-17)32-14-23(30)29(16(4)24(31)28-12-15(2)3)13-18-20(26)7-6-8-21(18)27/h6-11,15-16H,5,12-14H2,1-4H3,(H,28,31). The van der Waals surface area contributed by atoms with Crippen LogP contribution in [0.15, 0.2) is 40.9 Å². The second-order valence-corrected chi connectivity index (χ2v) is 9.61. The fourth-order valence-electron chi connectivity index (χ4n) is 2.99. The Kier molecular flexibility index (Phi) is 10.3. The van der Waals surface area contributed by atoms with Crippen molar-refractivity contribution in [3.05, 3.63) is 62.0 Å². The van der Waals surface area contributed by atoms with Crippen LogP contribution in [0, 0.1) is 5.92 Å². The lowest BCUT2D eigenvalue weighted by atomic mass is 10.1. The number of hydrogen-bond acceptors (Lipinski definition) is 3. The molecule has 1 N–H and O–H groups in total. The van der Waals surface area contributed by atoms with Gasteiger partial charge in [0.1, 0.15) is 11.8 Å². The molecule has 174 valence electrons. The molecule has 0 spiro atoms. The summed E-state index contributed by atoms with van der Waals surface area (Å²) in [6.45, 7) is 8.14. The molecule has 0 saturated carbocycles. The van der Waals surface area contributed by atoms with E-state index in [2.05, 4.69) is 28.2 Å². The molecule has 8 heteroatoms. The molecule has 2 amide bonds. The molecule has 32 heavy (non-hydrogen) atoms. The van der Waals surface area contributed by atoms with Crippen molar-refractivity contribution in [1.29, 1.82) is 0 Å². The summed E-state index contributed by atoms with van der Waals surface area (Å²) in [6.07, 6.45) is 0.896. The van der Waals surface area contributed by atoms with Crippen molar-refractivity contribution in [3.63, 3.8) is 0 Å². The molecule has 2 aromatic rings. The third-order valence-corrected chi connectivity index (χ3v) is 6.33. The van der Waals surface area contributed by atoms with Gasteiger partial charge in [0.15, 0.2) is 6.61 Å². The third-order valence-electron chi connectivity index (χ3n) is 5.00. The first-order valence-corrected chi connectivity index (χ1v) is 12.1. The van der Waals surface area contributed by atoms with Crippen LogP contribution in [0.25, 0.3) is 0 Å². The molecule has 0 fully saturated rings. The van der Waals surface area contributed by atoms with Gasteiger partial charge < -0.3 is 15.0 Å². The van der Waals surface area contributed by atoms with E-state index in [1.165, 1.54) is 4.90 Å². The summed E-state index contributed by atoms with van der Waals surface area (Å²) >= 11 is 16.1. The smallest absolute Gasteiger partial charge is 0.261 e. The third kappa shape index (κ3) is 7.39. The van der Waals surface area contributed by atoms with Crippen LogP contribution in [0.1, 0.15) is 38.8 Å². The molecular weight excluding hydrogens is 515 g/mol. The topological polar surface area (TPSA) is 58.6 Å². The molecule has 2 rings (SSSR count). The molecule has 0 heterocycles. The van der Waals surface area contributed by atoms with Gasteiger partial charge in [0, 0.05) is 28.7 Å². The first-order chi connectivity index (χ1) is 15.1. The number of amides is 2. The molecule has 0 aromatic heterocycles. The van der Waals surface area contributed by atoms with Gasteiger partial charge in [-0.2, -0.15) is 0 Å². The molecule has 1 unspecified atom stereocenters. The van der Waals surface area contributed by atoms with E-state index >= 15 is 0 Å². The van der Waals surface area contributed by atoms with Crippen molar-refractivity contribution in [3.8, 4) is 5.75 Å². The fourth-order valence-corrected chi connectivity index (χ4v) is 4.05. The van der Waals surface area contributed by atoms with Gasteiger partial charge in [-0.05, 0) is 65.0 Å². The van der Waals surface area contributed by atoms with Gasteiger partial charge in [-0.15, -0.1) is 0 Å². The molecule has 5 nitrogen and oxygen atoms in total. The number of aryl methyl sites for hydroxylation is 1. The molecular formula is C24H29BrCl2N2O3. The molecule has 2 aromatic carbocycles. The molecule has 0 radical (unpaired) electrons. The lowest BCUT2D eigenvalue weighted by Crippen LogP contribution is -2.49. The minimum absolute atomic E-state index is 0.0902. The maximum atomic E-state index is 13.2. The normalized spacial score (nSPS) is 11.9. The van der Waals surface area contributed by atoms with Crippen molar-refractivity contribution in [2.24, 2.45) is 5.92 Å². The number of carbonyl (C=O) groups excluding carboxylic acids is 2. The maximum Gasteiger partial charge on any atom is 0.261 e. The second-order valence-electron chi connectivity index (χ2n) is 7.94. The average molecular weight is 544 g/mol. The number of rotatable bonds is 10. The van der Waals surface area contributed by atoms with Crippen molar-refractivity contribution >= 4 is 50.9 Å². The van der Waals surface area contributed by atoms with Crippen LogP contribution >= 0.6 is 39.1 Å². The van der Waals surface area contributed by atoms with Gasteiger partial charge in [0.2, 0.25) is 5.91 Å². The first-order valence-electron chi connectivity index (χ1n) is 10.5. The Morgan fingerprint density at radius 2 is 1.78 bits per heavy atom. The van der Waals surface area contributed by atoms with Gasteiger partial charge in [0.25, 0.3) is 5.91 Å². The van der Waals surface area contributed by atoms with Crippen LogP contribution < -0.4 is 10.1 Å². The predicted molar refractivity (Wildman–Crippen MR) is 133 cm³/mol. The summed E-state index contributed by atoms with van der Waals surface area (Å²) in [5.74, 6) is 0.256. The number of benzene rings is 2. The largest absolute Gasteiger partial charge is 0.483 e. The quantitative estimate of drug-likeness (QED) is 0.406. The fraction of sp³-hybridized carbons (Fsp3) is 0.417. The molecule has 0 bridgehead atoms. The lowest BCUT2D eigenvalue weighted by molar-refractivity contribution is -0.142. The van der Waals surface area contributed by atoms with Crippen LogP contribution in [0.5, 0.6) is 5.75 Å². The van der Waals surface area contributed by atoms with Gasteiger partial charge in [-0.3, -0.25) is 9.59 Å². The van der Waals surface area contributed by atoms with Gasteiger partial charge in [-0.1, -0.05) is 56.1 Å².